The Kier molecular flexibility index (Phi) is 7.23. The fourth-order valence-electron chi connectivity index (χ4n) is 3.33. The standard InChI is InChI=1S/C24H25F3N4O2/c1-15(32)29-20-7-5-4-6-18(20)22-19(23(33)28-12-13-31(2)3)14-21(30-22)16-8-10-17(11-9-16)24(25,26)27/h4-11,14,30H,12-13H2,1-3H3,(H,28,33)(H,29,32). The monoisotopic (exact) mass is 458 g/mol. The molecule has 2 amide bonds. The number of halogens is 3. The van der Waals surface area contributed by atoms with Gasteiger partial charge in [-0.1, -0.05) is 30.3 Å². The molecule has 0 bridgehead atoms. The van der Waals surface area contributed by atoms with Crippen molar-refractivity contribution in [3.63, 3.8) is 0 Å². The van der Waals surface area contributed by atoms with Crippen LogP contribution in [0.5, 0.6) is 0 Å². The SMILES string of the molecule is CC(=O)Nc1ccccc1-c1[nH]c(-c2ccc(C(F)(F)F)cc2)cc1C(=O)NCCN(C)C. The van der Waals surface area contributed by atoms with Crippen LogP contribution in [-0.2, 0) is 11.0 Å². The average Bonchev–Trinajstić information content (AvgIpc) is 3.18. The Morgan fingerprint density at radius 1 is 1.03 bits per heavy atom. The van der Waals surface area contributed by atoms with Crippen LogP contribution in [-0.4, -0.2) is 48.9 Å². The van der Waals surface area contributed by atoms with Crippen LogP contribution < -0.4 is 10.6 Å². The van der Waals surface area contributed by atoms with Crippen LogP contribution in [0.2, 0.25) is 0 Å². The number of aromatic nitrogens is 1. The van der Waals surface area contributed by atoms with Gasteiger partial charge in [-0.3, -0.25) is 9.59 Å². The minimum atomic E-state index is -4.44. The molecule has 0 radical (unpaired) electrons. The van der Waals surface area contributed by atoms with Crippen molar-refractivity contribution in [2.24, 2.45) is 0 Å². The predicted molar refractivity (Wildman–Crippen MR) is 122 cm³/mol. The normalized spacial score (nSPS) is 11.5. The first-order valence-corrected chi connectivity index (χ1v) is 10.3. The highest BCUT2D eigenvalue weighted by molar-refractivity contribution is 6.04. The zero-order valence-electron chi connectivity index (χ0n) is 18.5. The molecule has 33 heavy (non-hydrogen) atoms. The van der Waals surface area contributed by atoms with Gasteiger partial charge in [0, 0.05) is 31.3 Å². The fraction of sp³-hybridized carbons (Fsp3) is 0.250. The van der Waals surface area contributed by atoms with E-state index in [2.05, 4.69) is 15.6 Å². The van der Waals surface area contributed by atoms with E-state index in [1.807, 2.05) is 19.0 Å². The van der Waals surface area contributed by atoms with E-state index in [0.29, 0.717) is 46.9 Å². The summed E-state index contributed by atoms with van der Waals surface area (Å²) < 4.78 is 38.8. The summed E-state index contributed by atoms with van der Waals surface area (Å²) in [7, 11) is 3.78. The topological polar surface area (TPSA) is 77.2 Å². The third-order valence-corrected chi connectivity index (χ3v) is 4.94. The molecule has 0 aliphatic carbocycles. The molecule has 0 saturated carbocycles. The van der Waals surface area contributed by atoms with Crippen molar-refractivity contribution in [1.29, 1.82) is 0 Å². The smallest absolute Gasteiger partial charge is 0.354 e. The van der Waals surface area contributed by atoms with Gasteiger partial charge in [-0.15, -0.1) is 0 Å². The van der Waals surface area contributed by atoms with Gasteiger partial charge in [-0.25, -0.2) is 0 Å². The maximum atomic E-state index is 13.0. The molecule has 0 spiro atoms. The Labute approximate surface area is 189 Å². The third kappa shape index (κ3) is 6.01. The van der Waals surface area contributed by atoms with Crippen molar-refractivity contribution < 1.29 is 22.8 Å². The molecule has 0 aliphatic heterocycles. The molecule has 0 saturated heterocycles. The van der Waals surface area contributed by atoms with Gasteiger partial charge in [-0.2, -0.15) is 13.2 Å². The molecule has 0 atom stereocenters. The van der Waals surface area contributed by atoms with E-state index < -0.39 is 11.7 Å². The Hall–Kier alpha value is -3.59. The van der Waals surface area contributed by atoms with Crippen LogP contribution in [0.4, 0.5) is 18.9 Å². The van der Waals surface area contributed by atoms with E-state index in [4.69, 9.17) is 0 Å². The molecule has 3 aromatic rings. The van der Waals surface area contributed by atoms with Crippen LogP contribution >= 0.6 is 0 Å². The van der Waals surface area contributed by atoms with Gasteiger partial charge < -0.3 is 20.5 Å². The number of rotatable bonds is 7. The van der Waals surface area contributed by atoms with E-state index in [1.54, 1.807) is 30.3 Å². The highest BCUT2D eigenvalue weighted by atomic mass is 19.4. The second kappa shape index (κ2) is 9.91. The quantitative estimate of drug-likeness (QED) is 0.484. The van der Waals surface area contributed by atoms with Gasteiger partial charge in [0.15, 0.2) is 0 Å². The first-order valence-electron chi connectivity index (χ1n) is 10.3. The lowest BCUT2D eigenvalue weighted by Crippen LogP contribution is -2.31. The van der Waals surface area contributed by atoms with Gasteiger partial charge in [0.25, 0.3) is 5.91 Å². The minimum absolute atomic E-state index is 0.269. The maximum absolute atomic E-state index is 13.0. The molecule has 1 aromatic heterocycles. The molecule has 3 rings (SSSR count). The highest BCUT2D eigenvalue weighted by Gasteiger charge is 2.30. The Balaban J connectivity index is 2.05. The number of carbonyl (C=O) groups excluding carboxylic acids is 2. The van der Waals surface area contributed by atoms with Gasteiger partial charge in [0.1, 0.15) is 0 Å². The zero-order chi connectivity index (χ0) is 24.2. The van der Waals surface area contributed by atoms with E-state index in [0.717, 1.165) is 12.1 Å². The van der Waals surface area contributed by atoms with Crippen LogP contribution in [0.3, 0.4) is 0 Å². The number of likely N-dealkylation sites (N-methyl/N-ethyl adjacent to an activating group) is 1. The number of alkyl halides is 3. The van der Waals surface area contributed by atoms with Crippen molar-refractivity contribution in [3.8, 4) is 22.5 Å². The number of benzene rings is 2. The molecule has 2 aromatic carbocycles. The van der Waals surface area contributed by atoms with Crippen LogP contribution in [0.15, 0.2) is 54.6 Å². The summed E-state index contributed by atoms with van der Waals surface area (Å²) >= 11 is 0. The number of nitrogens with zero attached hydrogens (tertiary/aromatic N) is 1. The summed E-state index contributed by atoms with van der Waals surface area (Å²) in [5.41, 5.74) is 2.09. The van der Waals surface area contributed by atoms with Crippen molar-refractivity contribution in [1.82, 2.24) is 15.2 Å². The number of aromatic amines is 1. The summed E-state index contributed by atoms with van der Waals surface area (Å²) in [6.07, 6.45) is -4.44. The van der Waals surface area contributed by atoms with Gasteiger partial charge in [-0.05, 0) is 43.9 Å². The number of amides is 2. The molecular weight excluding hydrogens is 433 g/mol. The lowest BCUT2D eigenvalue weighted by Gasteiger charge is -2.12. The van der Waals surface area contributed by atoms with E-state index in [9.17, 15) is 22.8 Å². The van der Waals surface area contributed by atoms with Gasteiger partial charge in [0.2, 0.25) is 5.91 Å². The predicted octanol–water partition coefficient (Wildman–Crippen LogP) is 4.62. The second-order valence-corrected chi connectivity index (χ2v) is 7.83. The number of nitrogens with one attached hydrogen (secondary N) is 3. The van der Waals surface area contributed by atoms with E-state index >= 15 is 0 Å². The molecular formula is C24H25F3N4O2. The maximum Gasteiger partial charge on any atom is 0.416 e. The Morgan fingerprint density at radius 2 is 1.70 bits per heavy atom. The molecule has 0 aliphatic rings. The van der Waals surface area contributed by atoms with Gasteiger partial charge >= 0.3 is 6.18 Å². The van der Waals surface area contributed by atoms with E-state index in [1.165, 1.54) is 19.1 Å². The molecule has 1 heterocycles. The van der Waals surface area contributed by atoms with Crippen molar-refractivity contribution in [2.45, 2.75) is 13.1 Å². The zero-order valence-corrected chi connectivity index (χ0v) is 18.5. The summed E-state index contributed by atoms with van der Waals surface area (Å²) in [4.78, 5) is 29.8. The summed E-state index contributed by atoms with van der Waals surface area (Å²) in [6.45, 7) is 2.44. The molecule has 3 N–H and O–H groups in total. The number of hydrogen-bond donors (Lipinski definition) is 3. The van der Waals surface area contributed by atoms with Crippen LogP contribution in [0.25, 0.3) is 22.5 Å². The van der Waals surface area contributed by atoms with Gasteiger partial charge in [0.05, 0.1) is 22.5 Å². The molecule has 0 unspecified atom stereocenters. The summed E-state index contributed by atoms with van der Waals surface area (Å²) in [5.74, 6) is -0.604. The average molecular weight is 458 g/mol. The number of hydrogen-bond acceptors (Lipinski definition) is 3. The first-order chi connectivity index (χ1) is 15.6. The van der Waals surface area contributed by atoms with Crippen molar-refractivity contribution >= 4 is 17.5 Å². The lowest BCUT2D eigenvalue weighted by molar-refractivity contribution is -0.137. The van der Waals surface area contributed by atoms with Crippen LogP contribution in [0, 0.1) is 0 Å². The largest absolute Gasteiger partial charge is 0.416 e. The number of H-pyrrole nitrogens is 1. The third-order valence-electron chi connectivity index (χ3n) is 4.94. The highest BCUT2D eigenvalue weighted by Crippen LogP contribution is 2.35. The Bertz CT molecular complexity index is 1140. The number of anilines is 1. The summed E-state index contributed by atoms with van der Waals surface area (Å²) in [5, 5.41) is 5.60. The summed E-state index contributed by atoms with van der Waals surface area (Å²) in [6, 6.07) is 13.3. The van der Waals surface area contributed by atoms with E-state index in [-0.39, 0.29) is 11.8 Å². The fourth-order valence-corrected chi connectivity index (χ4v) is 3.33. The molecule has 6 nitrogen and oxygen atoms in total. The Morgan fingerprint density at radius 3 is 2.30 bits per heavy atom. The lowest BCUT2D eigenvalue weighted by atomic mass is 10.0. The minimum Gasteiger partial charge on any atom is -0.354 e. The number of para-hydroxylation sites is 1. The molecule has 0 fully saturated rings. The van der Waals surface area contributed by atoms with Crippen molar-refractivity contribution in [3.05, 3.63) is 65.7 Å². The molecule has 9 heteroatoms. The first kappa shape index (κ1) is 24.1. The second-order valence-electron chi connectivity index (χ2n) is 7.83. The van der Waals surface area contributed by atoms with Crippen LogP contribution in [0.1, 0.15) is 22.8 Å². The van der Waals surface area contributed by atoms with Crippen molar-refractivity contribution in [2.75, 3.05) is 32.5 Å². The molecule has 174 valence electrons. The number of carbonyl (C=O) groups is 2.